The van der Waals surface area contributed by atoms with E-state index in [-0.39, 0.29) is 12.4 Å². The van der Waals surface area contributed by atoms with Gasteiger partial charge >= 0.3 is 5.97 Å². The van der Waals surface area contributed by atoms with Crippen LogP contribution in [0.25, 0.3) is 0 Å². The van der Waals surface area contributed by atoms with Gasteiger partial charge in [0.25, 0.3) is 5.91 Å². The van der Waals surface area contributed by atoms with Crippen LogP contribution in [0.3, 0.4) is 0 Å². The van der Waals surface area contributed by atoms with Gasteiger partial charge in [-0.1, -0.05) is 22.0 Å². The molecule has 0 unspecified atom stereocenters. The number of esters is 1. The predicted octanol–water partition coefficient (Wildman–Crippen LogP) is 5.74. The van der Waals surface area contributed by atoms with Crippen LogP contribution in [0.4, 0.5) is 0 Å². The van der Waals surface area contributed by atoms with E-state index in [1.807, 2.05) is 0 Å². The first-order valence-electron chi connectivity index (χ1n) is 9.94. The Morgan fingerprint density at radius 2 is 1.69 bits per heavy atom. The Morgan fingerprint density at radius 1 is 0.943 bits per heavy atom. The van der Waals surface area contributed by atoms with Crippen LogP contribution >= 0.6 is 47.8 Å². The minimum absolute atomic E-state index is 0.237. The third kappa shape index (κ3) is 7.55. The van der Waals surface area contributed by atoms with E-state index in [2.05, 4.69) is 58.3 Å². The predicted molar refractivity (Wildman–Crippen MR) is 142 cm³/mol. The Bertz CT molecular complexity index is 1240. The number of hydrogen-bond donors (Lipinski definition) is 1. The van der Waals surface area contributed by atoms with E-state index >= 15 is 0 Å². The monoisotopic (exact) mass is 668 g/mol. The molecule has 0 aliphatic carbocycles. The zero-order valence-corrected chi connectivity index (χ0v) is 23.3. The molecule has 1 N–H and O–H groups in total. The highest BCUT2D eigenvalue weighted by Gasteiger charge is 2.14. The summed E-state index contributed by atoms with van der Waals surface area (Å²) in [6.45, 7) is -0.237. The minimum atomic E-state index is -0.556. The average Bonchev–Trinajstić information content (AvgIpc) is 2.84. The van der Waals surface area contributed by atoms with Gasteiger partial charge in [-0.05, 0) is 86.0 Å². The fourth-order valence-corrected chi connectivity index (χ4v) is 5.26. The molecule has 3 aromatic rings. The summed E-state index contributed by atoms with van der Waals surface area (Å²) in [4.78, 5) is 24.6. The molecule has 3 aromatic carbocycles. The Hall–Kier alpha value is -2.89. The van der Waals surface area contributed by atoms with Crippen LogP contribution < -0.4 is 24.4 Å². The molecule has 0 spiro atoms. The number of amides is 1. The van der Waals surface area contributed by atoms with Crippen molar-refractivity contribution in [2.24, 2.45) is 5.10 Å². The lowest BCUT2D eigenvalue weighted by Crippen LogP contribution is -2.24. The van der Waals surface area contributed by atoms with Gasteiger partial charge in [-0.15, -0.1) is 0 Å². The van der Waals surface area contributed by atoms with Gasteiger partial charge in [0.2, 0.25) is 0 Å². The zero-order chi connectivity index (χ0) is 25.4. The van der Waals surface area contributed by atoms with Gasteiger partial charge in [0.1, 0.15) is 11.5 Å². The molecule has 11 heteroatoms. The standard InChI is InChI=1S/C24H19Br3N2O6/c1-32-17-5-3-4-15(9-17)24(31)35-20-7-6-14(8-21(20)33-2)12-28-29-22(30)13-34-23-18(26)10-16(25)11-19(23)27/h3-12H,13H2,1-2H3,(H,29,30)/b28-12+. The summed E-state index contributed by atoms with van der Waals surface area (Å²) in [5, 5.41) is 3.93. The van der Waals surface area contributed by atoms with Crippen LogP contribution in [-0.2, 0) is 4.79 Å². The average molecular weight is 671 g/mol. The van der Waals surface area contributed by atoms with Crippen LogP contribution in [0, 0.1) is 0 Å². The van der Waals surface area contributed by atoms with E-state index in [4.69, 9.17) is 18.9 Å². The first kappa shape index (κ1) is 26.7. The highest BCUT2D eigenvalue weighted by atomic mass is 79.9. The summed E-state index contributed by atoms with van der Waals surface area (Å²) in [5.41, 5.74) is 3.35. The van der Waals surface area contributed by atoms with Gasteiger partial charge in [-0.3, -0.25) is 4.79 Å². The maximum absolute atomic E-state index is 12.5. The molecule has 35 heavy (non-hydrogen) atoms. The second-order valence-electron chi connectivity index (χ2n) is 6.81. The number of benzene rings is 3. The topological polar surface area (TPSA) is 95.5 Å². The van der Waals surface area contributed by atoms with Crippen LogP contribution in [-0.4, -0.2) is 38.9 Å². The van der Waals surface area contributed by atoms with Gasteiger partial charge in [0, 0.05) is 4.47 Å². The first-order valence-corrected chi connectivity index (χ1v) is 12.3. The van der Waals surface area contributed by atoms with E-state index in [1.54, 1.807) is 54.6 Å². The van der Waals surface area contributed by atoms with Gasteiger partial charge < -0.3 is 18.9 Å². The van der Waals surface area contributed by atoms with Crippen LogP contribution in [0.1, 0.15) is 15.9 Å². The van der Waals surface area contributed by atoms with Crippen molar-refractivity contribution in [3.8, 4) is 23.0 Å². The zero-order valence-electron chi connectivity index (χ0n) is 18.5. The van der Waals surface area contributed by atoms with Crippen molar-refractivity contribution in [2.45, 2.75) is 0 Å². The van der Waals surface area contributed by atoms with Crippen molar-refractivity contribution in [1.82, 2.24) is 5.43 Å². The third-order valence-electron chi connectivity index (χ3n) is 4.41. The molecule has 0 atom stereocenters. The number of nitrogens with one attached hydrogen (secondary N) is 1. The highest BCUT2D eigenvalue weighted by Crippen LogP contribution is 2.36. The summed E-state index contributed by atoms with van der Waals surface area (Å²) in [6, 6.07) is 15.1. The molecule has 0 saturated heterocycles. The molecule has 0 aromatic heterocycles. The molecule has 0 radical (unpaired) electrons. The van der Waals surface area contributed by atoms with Crippen LogP contribution in [0.2, 0.25) is 0 Å². The molecule has 0 fully saturated rings. The molecule has 8 nitrogen and oxygen atoms in total. The quantitative estimate of drug-likeness (QED) is 0.135. The van der Waals surface area contributed by atoms with Crippen LogP contribution in [0.15, 0.2) is 73.1 Å². The maximum atomic E-state index is 12.5. The van der Waals surface area contributed by atoms with Gasteiger partial charge in [0.15, 0.2) is 18.1 Å². The summed E-state index contributed by atoms with van der Waals surface area (Å²) >= 11 is 10.2. The number of hydrogen-bond acceptors (Lipinski definition) is 7. The lowest BCUT2D eigenvalue weighted by Gasteiger charge is -2.11. The summed E-state index contributed by atoms with van der Waals surface area (Å²) in [6.07, 6.45) is 1.43. The number of rotatable bonds is 9. The molecule has 0 saturated carbocycles. The van der Waals surface area contributed by atoms with Gasteiger partial charge in [-0.2, -0.15) is 5.10 Å². The lowest BCUT2D eigenvalue weighted by molar-refractivity contribution is -0.123. The van der Waals surface area contributed by atoms with E-state index in [9.17, 15) is 9.59 Å². The molecule has 0 heterocycles. The Kier molecular flexibility index (Phi) is 9.70. The minimum Gasteiger partial charge on any atom is -0.497 e. The smallest absolute Gasteiger partial charge is 0.343 e. The fraction of sp³-hybridized carbons (Fsp3) is 0.125. The Labute approximate surface area is 227 Å². The van der Waals surface area contributed by atoms with Gasteiger partial charge in [0.05, 0.1) is 34.9 Å². The normalized spacial score (nSPS) is 10.7. The van der Waals surface area contributed by atoms with E-state index in [0.717, 1.165) is 4.47 Å². The molecular weight excluding hydrogens is 652 g/mol. The summed E-state index contributed by atoms with van der Waals surface area (Å²) in [5.74, 6) is 0.600. The SMILES string of the molecule is COc1cccc(C(=O)Oc2ccc(/C=N/NC(=O)COc3c(Br)cc(Br)cc3Br)cc2OC)c1. The fourth-order valence-electron chi connectivity index (χ4n) is 2.77. The first-order chi connectivity index (χ1) is 16.8. The number of methoxy groups -OCH3 is 2. The largest absolute Gasteiger partial charge is 0.497 e. The lowest BCUT2D eigenvalue weighted by atomic mass is 10.2. The van der Waals surface area contributed by atoms with Crippen molar-refractivity contribution in [2.75, 3.05) is 20.8 Å². The third-order valence-corrected chi connectivity index (χ3v) is 6.05. The second-order valence-corrected chi connectivity index (χ2v) is 9.44. The van der Waals surface area contributed by atoms with Crippen molar-refractivity contribution in [3.05, 3.63) is 79.1 Å². The van der Waals surface area contributed by atoms with Crippen LogP contribution in [0.5, 0.6) is 23.0 Å². The van der Waals surface area contributed by atoms with E-state index < -0.39 is 11.9 Å². The number of nitrogens with zero attached hydrogens (tertiary/aromatic N) is 1. The molecule has 3 rings (SSSR count). The molecule has 1 amide bonds. The number of carbonyl (C=O) groups is 2. The Morgan fingerprint density at radius 3 is 2.37 bits per heavy atom. The summed E-state index contributed by atoms with van der Waals surface area (Å²) in [7, 11) is 2.97. The van der Waals surface area contributed by atoms with Crippen molar-refractivity contribution < 1.29 is 28.5 Å². The second kappa shape index (κ2) is 12.7. The molecule has 0 bridgehead atoms. The van der Waals surface area contributed by atoms with E-state index in [1.165, 1.54) is 20.4 Å². The van der Waals surface area contributed by atoms with Crippen molar-refractivity contribution in [3.63, 3.8) is 0 Å². The molecule has 182 valence electrons. The van der Waals surface area contributed by atoms with Crippen molar-refractivity contribution >= 4 is 65.9 Å². The van der Waals surface area contributed by atoms with Crippen molar-refractivity contribution in [1.29, 1.82) is 0 Å². The number of ether oxygens (including phenoxy) is 4. The van der Waals surface area contributed by atoms with E-state index in [0.29, 0.717) is 37.3 Å². The number of hydrazone groups is 1. The molecule has 0 aliphatic heterocycles. The Balaban J connectivity index is 1.59. The van der Waals surface area contributed by atoms with Gasteiger partial charge in [-0.25, -0.2) is 10.2 Å². The maximum Gasteiger partial charge on any atom is 0.343 e. The number of carbonyl (C=O) groups excluding carboxylic acids is 2. The molecule has 0 aliphatic rings. The highest BCUT2D eigenvalue weighted by molar-refractivity contribution is 9.11. The summed E-state index contributed by atoms with van der Waals surface area (Å²) < 4.78 is 23.7. The molecular formula is C24H19Br3N2O6. The number of halogens is 3.